The Kier molecular flexibility index (Phi) is 7.73. The third-order valence-electron chi connectivity index (χ3n) is 6.93. The van der Waals surface area contributed by atoms with Gasteiger partial charge in [0.05, 0.1) is 0 Å². The molecule has 2 amide bonds. The van der Waals surface area contributed by atoms with Crippen LogP contribution >= 0.6 is 0 Å². The monoisotopic (exact) mass is 478 g/mol. The molecule has 0 unspecified atom stereocenters. The molecule has 7 heteroatoms. The quantitative estimate of drug-likeness (QED) is 0.547. The van der Waals surface area contributed by atoms with Gasteiger partial charge in [0.25, 0.3) is 0 Å². The number of hydrogen-bond acceptors (Lipinski definition) is 4. The highest BCUT2D eigenvalue weighted by atomic mass is 16.5. The van der Waals surface area contributed by atoms with Crippen LogP contribution in [0.3, 0.4) is 0 Å². The molecule has 0 heterocycles. The maximum Gasteiger partial charge on any atom is 0.407 e. The van der Waals surface area contributed by atoms with Gasteiger partial charge in [0.15, 0.2) is 0 Å². The number of carboxylic acid groups (broad SMARTS) is 1. The van der Waals surface area contributed by atoms with Crippen LogP contribution in [-0.2, 0) is 14.3 Å². The van der Waals surface area contributed by atoms with Crippen LogP contribution in [0.15, 0.2) is 48.5 Å². The van der Waals surface area contributed by atoms with Gasteiger partial charge in [-0.2, -0.15) is 0 Å². The molecule has 0 aromatic heterocycles. The summed E-state index contributed by atoms with van der Waals surface area (Å²) in [6, 6.07) is 16.4. The maximum absolute atomic E-state index is 12.7. The molecule has 2 aliphatic carbocycles. The zero-order valence-electron chi connectivity index (χ0n) is 20.4. The molecule has 2 aromatic rings. The Bertz CT molecular complexity index is 1040. The van der Waals surface area contributed by atoms with Crippen LogP contribution in [0.1, 0.15) is 56.6 Å². The number of carbonyl (C=O) groups is 3. The van der Waals surface area contributed by atoms with Gasteiger partial charge in [0.1, 0.15) is 13.2 Å². The van der Waals surface area contributed by atoms with E-state index in [-0.39, 0.29) is 42.9 Å². The molecule has 0 bridgehead atoms. The van der Waals surface area contributed by atoms with Crippen molar-refractivity contribution in [3.05, 3.63) is 59.7 Å². The number of alkyl carbamates (subject to hydrolysis) is 1. The third-order valence-corrected chi connectivity index (χ3v) is 6.93. The summed E-state index contributed by atoms with van der Waals surface area (Å²) in [6.45, 7) is 4.36. The van der Waals surface area contributed by atoms with E-state index in [2.05, 4.69) is 29.6 Å². The number of fused-ring (bicyclic) bond motifs is 3. The first-order chi connectivity index (χ1) is 16.8. The predicted octanol–water partition coefficient (Wildman–Crippen LogP) is 4.65. The molecule has 186 valence electrons. The first-order valence-electron chi connectivity index (χ1n) is 12.4. The predicted molar refractivity (Wildman–Crippen MR) is 133 cm³/mol. The Hall–Kier alpha value is -3.35. The van der Waals surface area contributed by atoms with Gasteiger partial charge in [-0.05, 0) is 53.4 Å². The molecule has 7 nitrogen and oxygen atoms in total. The SMILES string of the molecule is CC(C)CN(CC(=O)O)C(=O)C[C@@H]1CC[C@H](NC(=O)OCC2c3ccccc3-c3ccccc32)C1. The van der Waals surface area contributed by atoms with Gasteiger partial charge in [0.2, 0.25) is 5.91 Å². The van der Waals surface area contributed by atoms with Crippen LogP contribution in [0, 0.1) is 11.8 Å². The van der Waals surface area contributed by atoms with Gasteiger partial charge in [0, 0.05) is 24.9 Å². The Labute approximate surface area is 206 Å². The lowest BCUT2D eigenvalue weighted by atomic mass is 9.98. The summed E-state index contributed by atoms with van der Waals surface area (Å²) < 4.78 is 5.65. The number of rotatable bonds is 9. The molecule has 35 heavy (non-hydrogen) atoms. The minimum atomic E-state index is -1.000. The van der Waals surface area contributed by atoms with Gasteiger partial charge >= 0.3 is 12.1 Å². The Balaban J connectivity index is 1.27. The molecular formula is C28H34N2O5. The maximum atomic E-state index is 12.7. The summed E-state index contributed by atoms with van der Waals surface area (Å²) in [6.07, 6.45) is 2.17. The van der Waals surface area contributed by atoms with Crippen molar-refractivity contribution < 1.29 is 24.2 Å². The number of hydrogen-bond donors (Lipinski definition) is 2. The van der Waals surface area contributed by atoms with Gasteiger partial charge in [-0.1, -0.05) is 62.4 Å². The van der Waals surface area contributed by atoms with Gasteiger partial charge < -0.3 is 20.1 Å². The van der Waals surface area contributed by atoms with Crippen LogP contribution in [0.5, 0.6) is 0 Å². The molecule has 2 aromatic carbocycles. The van der Waals surface area contributed by atoms with Crippen molar-refractivity contribution in [2.75, 3.05) is 19.7 Å². The van der Waals surface area contributed by atoms with Crippen molar-refractivity contribution in [2.24, 2.45) is 11.8 Å². The lowest BCUT2D eigenvalue weighted by molar-refractivity contribution is -0.145. The molecule has 0 saturated heterocycles. The molecular weight excluding hydrogens is 444 g/mol. The Morgan fingerprint density at radius 2 is 1.66 bits per heavy atom. The molecule has 2 N–H and O–H groups in total. The average Bonchev–Trinajstić information content (AvgIpc) is 3.38. The first-order valence-corrected chi connectivity index (χ1v) is 12.4. The van der Waals surface area contributed by atoms with E-state index in [1.807, 2.05) is 38.1 Å². The van der Waals surface area contributed by atoms with Crippen LogP contribution in [-0.4, -0.2) is 53.7 Å². The van der Waals surface area contributed by atoms with E-state index < -0.39 is 12.1 Å². The third kappa shape index (κ3) is 6.02. The fourth-order valence-corrected chi connectivity index (χ4v) is 5.43. The summed E-state index contributed by atoms with van der Waals surface area (Å²) >= 11 is 0. The van der Waals surface area contributed by atoms with E-state index in [0.29, 0.717) is 19.4 Å². The van der Waals surface area contributed by atoms with Crippen LogP contribution < -0.4 is 5.32 Å². The standard InChI is InChI=1S/C28H34N2O5/c1-18(2)15-30(16-27(32)33)26(31)14-19-11-12-20(13-19)29-28(34)35-17-25-23-9-5-3-7-21(23)22-8-4-6-10-24(22)25/h3-10,18-20,25H,11-17H2,1-2H3,(H,29,34)(H,32,33)/t19-,20+/m1/s1. The van der Waals surface area contributed by atoms with E-state index >= 15 is 0 Å². The number of amides is 2. The van der Waals surface area contributed by atoms with Crippen molar-refractivity contribution in [2.45, 2.75) is 51.5 Å². The second-order valence-electron chi connectivity index (χ2n) is 10.1. The molecule has 0 aliphatic heterocycles. The molecule has 2 atom stereocenters. The number of nitrogens with one attached hydrogen (secondary N) is 1. The Morgan fingerprint density at radius 1 is 1.03 bits per heavy atom. The smallest absolute Gasteiger partial charge is 0.407 e. The summed E-state index contributed by atoms with van der Waals surface area (Å²) in [4.78, 5) is 37.9. The van der Waals surface area contributed by atoms with Crippen LogP contribution in [0.25, 0.3) is 11.1 Å². The number of carbonyl (C=O) groups excluding carboxylic acids is 2. The number of benzene rings is 2. The first kappa shape index (κ1) is 24.8. The van der Waals surface area contributed by atoms with Crippen molar-refractivity contribution >= 4 is 18.0 Å². The highest BCUT2D eigenvalue weighted by molar-refractivity contribution is 5.81. The molecule has 4 rings (SSSR count). The number of aliphatic carboxylic acids is 1. The highest BCUT2D eigenvalue weighted by Crippen LogP contribution is 2.44. The summed E-state index contributed by atoms with van der Waals surface area (Å²) in [5.74, 6) is -0.786. The van der Waals surface area contributed by atoms with E-state index in [1.54, 1.807) is 0 Å². The van der Waals surface area contributed by atoms with Crippen molar-refractivity contribution in [1.82, 2.24) is 10.2 Å². The zero-order valence-corrected chi connectivity index (χ0v) is 20.4. The highest BCUT2D eigenvalue weighted by Gasteiger charge is 2.32. The van der Waals surface area contributed by atoms with Crippen molar-refractivity contribution in [1.29, 1.82) is 0 Å². The largest absolute Gasteiger partial charge is 0.480 e. The van der Waals surface area contributed by atoms with E-state index in [9.17, 15) is 14.4 Å². The van der Waals surface area contributed by atoms with E-state index in [1.165, 1.54) is 27.2 Å². The summed E-state index contributed by atoms with van der Waals surface area (Å²) in [5, 5.41) is 12.1. The fraction of sp³-hybridized carbons (Fsp3) is 0.464. The van der Waals surface area contributed by atoms with E-state index in [0.717, 1.165) is 12.8 Å². The summed E-state index contributed by atoms with van der Waals surface area (Å²) in [5.41, 5.74) is 4.73. The Morgan fingerprint density at radius 3 is 2.26 bits per heavy atom. The minimum absolute atomic E-state index is 0.0169. The second-order valence-corrected chi connectivity index (χ2v) is 10.1. The van der Waals surface area contributed by atoms with Gasteiger partial charge in [-0.3, -0.25) is 9.59 Å². The van der Waals surface area contributed by atoms with Crippen molar-refractivity contribution in [3.63, 3.8) is 0 Å². The van der Waals surface area contributed by atoms with Gasteiger partial charge in [-0.25, -0.2) is 4.79 Å². The number of ether oxygens (including phenoxy) is 1. The molecule has 1 fully saturated rings. The minimum Gasteiger partial charge on any atom is -0.480 e. The number of carboxylic acids is 1. The van der Waals surface area contributed by atoms with Gasteiger partial charge in [-0.15, -0.1) is 0 Å². The van der Waals surface area contributed by atoms with E-state index in [4.69, 9.17) is 9.84 Å². The lowest BCUT2D eigenvalue weighted by Crippen LogP contribution is -2.39. The number of nitrogens with zero attached hydrogens (tertiary/aromatic N) is 1. The normalized spacial score (nSPS) is 18.7. The second kappa shape index (κ2) is 10.9. The lowest BCUT2D eigenvalue weighted by Gasteiger charge is -2.24. The molecule has 0 radical (unpaired) electrons. The molecule has 2 aliphatic rings. The van der Waals surface area contributed by atoms with Crippen LogP contribution in [0.4, 0.5) is 4.79 Å². The molecule has 0 spiro atoms. The van der Waals surface area contributed by atoms with Crippen molar-refractivity contribution in [3.8, 4) is 11.1 Å². The zero-order chi connectivity index (χ0) is 24.9. The fourth-order valence-electron chi connectivity index (χ4n) is 5.43. The average molecular weight is 479 g/mol. The van der Waals surface area contributed by atoms with Crippen LogP contribution in [0.2, 0.25) is 0 Å². The molecule has 1 saturated carbocycles. The topological polar surface area (TPSA) is 95.9 Å². The summed E-state index contributed by atoms with van der Waals surface area (Å²) in [7, 11) is 0.